The molecule has 0 amide bonds. The highest BCUT2D eigenvalue weighted by molar-refractivity contribution is 8.06. The average molecular weight is 396 g/mol. The van der Waals surface area contributed by atoms with Gasteiger partial charge in [0.25, 0.3) is 6.43 Å². The molecule has 0 unspecified atom stereocenters. The lowest BCUT2D eigenvalue weighted by atomic mass is 10.1. The Morgan fingerprint density at radius 1 is 1.40 bits per heavy atom. The maximum Gasteiger partial charge on any atom is 0.282 e. The molecule has 0 saturated carbocycles. The second-order valence-corrected chi connectivity index (χ2v) is 9.02. The molecule has 1 aromatic rings. The Hall–Kier alpha value is -1.48. The first-order valence-corrected chi connectivity index (χ1v) is 9.68. The monoisotopic (exact) mass is 395 g/mol. The van der Waals surface area contributed by atoms with Gasteiger partial charge in [-0.1, -0.05) is 28.9 Å². The topological polar surface area (TPSA) is 73.5 Å². The molecule has 0 radical (unpaired) electrons. The number of aromatic nitrogens is 2. The van der Waals surface area contributed by atoms with Crippen LogP contribution in [0.3, 0.4) is 0 Å². The van der Waals surface area contributed by atoms with E-state index in [2.05, 4.69) is 10.3 Å². The van der Waals surface area contributed by atoms with Crippen LogP contribution in [-0.4, -0.2) is 34.6 Å². The molecule has 10 heteroatoms. The minimum Gasteiger partial charge on any atom is -0.389 e. The Morgan fingerprint density at radius 2 is 2.04 bits per heavy atom. The van der Waals surface area contributed by atoms with Crippen molar-refractivity contribution >= 4 is 32.6 Å². The van der Waals surface area contributed by atoms with E-state index in [1.54, 1.807) is 27.7 Å². The molecule has 0 N–H and O–H groups in total. The van der Waals surface area contributed by atoms with Crippen LogP contribution < -0.4 is 0 Å². The van der Waals surface area contributed by atoms with Crippen LogP contribution in [0.25, 0.3) is 6.08 Å². The van der Waals surface area contributed by atoms with Gasteiger partial charge in [-0.2, -0.15) is 5.10 Å². The third kappa shape index (κ3) is 4.38. The molecule has 0 fully saturated rings. The Balaban J connectivity index is 2.23. The highest BCUT2D eigenvalue weighted by atomic mass is 35.5. The largest absolute Gasteiger partial charge is 0.389 e. The van der Waals surface area contributed by atoms with Crippen molar-refractivity contribution in [2.24, 2.45) is 5.16 Å². The van der Waals surface area contributed by atoms with Crippen molar-refractivity contribution < 1.29 is 22.0 Å². The highest BCUT2D eigenvalue weighted by Gasteiger charge is 2.35. The number of alkyl halides is 2. The molecule has 0 bridgehead atoms. The molecule has 1 aliphatic rings. The molecule has 1 aromatic heterocycles. The first-order chi connectivity index (χ1) is 11.4. The van der Waals surface area contributed by atoms with E-state index in [-0.39, 0.29) is 28.2 Å². The second kappa shape index (κ2) is 7.03. The normalized spacial score (nSPS) is 17.6. The number of rotatable bonds is 5. The van der Waals surface area contributed by atoms with Gasteiger partial charge in [0, 0.05) is 18.0 Å². The van der Waals surface area contributed by atoms with Crippen molar-refractivity contribution in [2.75, 3.05) is 5.75 Å². The third-order valence-electron chi connectivity index (χ3n) is 3.54. The Labute approximate surface area is 150 Å². The van der Waals surface area contributed by atoms with Gasteiger partial charge in [0.1, 0.15) is 16.4 Å². The fraction of sp³-hybridized carbons (Fsp3) is 0.600. The zero-order valence-corrected chi connectivity index (χ0v) is 15.9. The molecule has 6 nitrogen and oxygen atoms in total. The summed E-state index contributed by atoms with van der Waals surface area (Å²) in [6.45, 7) is 6.96. The molecule has 0 spiro atoms. The molecule has 1 aliphatic heterocycles. The van der Waals surface area contributed by atoms with E-state index in [1.165, 1.54) is 16.8 Å². The maximum absolute atomic E-state index is 13.2. The smallest absolute Gasteiger partial charge is 0.282 e. The van der Waals surface area contributed by atoms with Crippen LogP contribution in [0.4, 0.5) is 8.78 Å². The third-order valence-corrected chi connectivity index (χ3v) is 5.49. The number of halogens is 3. The lowest BCUT2D eigenvalue weighted by Crippen LogP contribution is -2.23. The van der Waals surface area contributed by atoms with Crippen molar-refractivity contribution in [3.8, 4) is 0 Å². The van der Waals surface area contributed by atoms with Gasteiger partial charge in [0.05, 0.1) is 5.75 Å². The maximum atomic E-state index is 13.2. The van der Waals surface area contributed by atoms with E-state index in [1.807, 2.05) is 0 Å². The molecule has 0 atom stereocenters. The van der Waals surface area contributed by atoms with Crippen LogP contribution >= 0.6 is 11.6 Å². The summed E-state index contributed by atoms with van der Waals surface area (Å²) in [5.41, 5.74) is -1.13. The van der Waals surface area contributed by atoms with Gasteiger partial charge in [-0.05, 0) is 27.7 Å². The minimum absolute atomic E-state index is 0.0190. The molecule has 140 valence electrons. The van der Waals surface area contributed by atoms with Crippen LogP contribution in [0.15, 0.2) is 11.2 Å². The van der Waals surface area contributed by atoms with Crippen LogP contribution in [0.5, 0.6) is 0 Å². The summed E-state index contributed by atoms with van der Waals surface area (Å²) in [5.74, 6) is -0.392. The first-order valence-electron chi connectivity index (χ1n) is 7.65. The molecule has 2 heterocycles. The quantitative estimate of drug-likeness (QED) is 0.755. The van der Waals surface area contributed by atoms with Gasteiger partial charge in [0.15, 0.2) is 14.9 Å². The first kappa shape index (κ1) is 19.8. The predicted molar refractivity (Wildman–Crippen MR) is 92.6 cm³/mol. The molecule has 0 aliphatic carbocycles. The zero-order valence-electron chi connectivity index (χ0n) is 14.3. The summed E-state index contributed by atoms with van der Waals surface area (Å²) >= 11 is 6.11. The van der Waals surface area contributed by atoms with Crippen LogP contribution in [0, 0.1) is 0 Å². The standard InChI is InChI=1S/C15H20ClF2N3O3S/c1-9(2)21-13(16)10(12(19-21)14(17)18)6-5-7-25(22,23)11-8-15(3,4)24-20-11/h5-6,9,14H,7-8H2,1-4H3. The number of hydrogen-bond donors (Lipinski definition) is 0. The van der Waals surface area contributed by atoms with E-state index in [9.17, 15) is 17.2 Å². The van der Waals surface area contributed by atoms with Crippen molar-refractivity contribution in [3.63, 3.8) is 0 Å². The fourth-order valence-electron chi connectivity index (χ4n) is 2.26. The summed E-state index contributed by atoms with van der Waals surface area (Å²) < 4.78 is 52.1. The molecular weight excluding hydrogens is 376 g/mol. The molecule has 2 rings (SSSR count). The van der Waals surface area contributed by atoms with E-state index in [0.717, 1.165) is 0 Å². The SMILES string of the molecule is CC(C)n1nc(C(F)F)c(C=CCS(=O)(=O)C2=NOC(C)(C)C2)c1Cl. The molecule has 25 heavy (non-hydrogen) atoms. The highest BCUT2D eigenvalue weighted by Crippen LogP contribution is 2.31. The van der Waals surface area contributed by atoms with Crippen molar-refractivity contribution in [1.82, 2.24) is 9.78 Å². The van der Waals surface area contributed by atoms with E-state index in [0.29, 0.717) is 0 Å². The summed E-state index contributed by atoms with van der Waals surface area (Å²) in [6, 6.07) is -0.205. The van der Waals surface area contributed by atoms with Gasteiger partial charge in [-0.25, -0.2) is 17.2 Å². The van der Waals surface area contributed by atoms with Crippen molar-refractivity contribution in [2.45, 2.75) is 52.2 Å². The van der Waals surface area contributed by atoms with E-state index in [4.69, 9.17) is 16.4 Å². The summed E-state index contributed by atoms with van der Waals surface area (Å²) in [6.07, 6.45) is -0.128. The second-order valence-electron chi connectivity index (χ2n) is 6.63. The Kier molecular flexibility index (Phi) is 5.58. The van der Waals surface area contributed by atoms with Crippen molar-refractivity contribution in [1.29, 1.82) is 0 Å². The number of sulfone groups is 1. The van der Waals surface area contributed by atoms with Crippen LogP contribution in [0.2, 0.25) is 5.15 Å². The number of oxime groups is 1. The number of hydrogen-bond acceptors (Lipinski definition) is 5. The van der Waals surface area contributed by atoms with Gasteiger partial charge >= 0.3 is 0 Å². The van der Waals surface area contributed by atoms with Crippen LogP contribution in [0.1, 0.15) is 57.8 Å². The summed E-state index contributed by atoms with van der Waals surface area (Å²) in [5, 5.41) is 7.41. The molecular formula is C15H20ClF2N3O3S. The van der Waals surface area contributed by atoms with E-state index < -0.39 is 33.3 Å². The summed E-state index contributed by atoms with van der Waals surface area (Å²) in [4.78, 5) is 5.05. The fourth-order valence-corrected chi connectivity index (χ4v) is 3.91. The molecule has 0 aromatic carbocycles. The zero-order chi connectivity index (χ0) is 19.0. The Morgan fingerprint density at radius 3 is 2.52 bits per heavy atom. The van der Waals surface area contributed by atoms with E-state index >= 15 is 0 Å². The number of nitrogens with zero attached hydrogens (tertiary/aromatic N) is 3. The lowest BCUT2D eigenvalue weighted by molar-refractivity contribution is 0.0123. The average Bonchev–Trinajstić information content (AvgIpc) is 3.00. The molecule has 0 saturated heterocycles. The van der Waals surface area contributed by atoms with Gasteiger partial charge in [-0.3, -0.25) is 4.68 Å². The Bertz CT molecular complexity index is 814. The predicted octanol–water partition coefficient (Wildman–Crippen LogP) is 4.00. The van der Waals surface area contributed by atoms with Gasteiger partial charge in [0.2, 0.25) is 0 Å². The summed E-state index contributed by atoms with van der Waals surface area (Å²) in [7, 11) is -3.68. The van der Waals surface area contributed by atoms with Crippen molar-refractivity contribution in [3.05, 3.63) is 22.5 Å². The van der Waals surface area contributed by atoms with Crippen LogP contribution in [-0.2, 0) is 14.7 Å². The van der Waals surface area contributed by atoms with Gasteiger partial charge in [-0.15, -0.1) is 0 Å². The lowest BCUT2D eigenvalue weighted by Gasteiger charge is -2.12. The van der Waals surface area contributed by atoms with Gasteiger partial charge < -0.3 is 4.84 Å². The minimum atomic E-state index is -3.68.